The zero-order valence-electron chi connectivity index (χ0n) is 16.4. The molecule has 0 aliphatic carbocycles. The monoisotopic (exact) mass is 400 g/mol. The maximum Gasteiger partial charge on any atom is 0.258 e. The van der Waals surface area contributed by atoms with Crippen molar-refractivity contribution in [2.24, 2.45) is 5.92 Å². The number of rotatable bonds is 5. The van der Waals surface area contributed by atoms with Crippen LogP contribution >= 0.6 is 0 Å². The number of pyridine rings is 1. The Bertz CT molecular complexity index is 862. The molecule has 5 nitrogen and oxygen atoms in total. The normalized spacial score (nSPS) is 18.2. The van der Waals surface area contributed by atoms with E-state index in [0.29, 0.717) is 23.5 Å². The average Bonchev–Trinajstić information content (AvgIpc) is 3.22. The standard InChI is InChI=1S/C22H26F2N4O/c23-17-5-6-18(19(24)14-17)22(29)26-20-4-3-9-25-21(20)28-12-7-16(8-13-28)15-27-10-1-2-11-27/h3-6,9,14,16H,1-2,7-8,10-13,15H2,(H,26,29). The van der Waals surface area contributed by atoms with Gasteiger partial charge < -0.3 is 15.1 Å². The molecule has 1 aromatic carbocycles. The molecule has 1 aromatic heterocycles. The molecule has 0 unspecified atom stereocenters. The second-order valence-electron chi connectivity index (χ2n) is 7.89. The fourth-order valence-electron chi connectivity index (χ4n) is 4.27. The largest absolute Gasteiger partial charge is 0.355 e. The fourth-order valence-corrected chi connectivity index (χ4v) is 4.27. The summed E-state index contributed by atoms with van der Waals surface area (Å²) in [5.74, 6) is -0.809. The lowest BCUT2D eigenvalue weighted by atomic mass is 9.96. The van der Waals surface area contributed by atoms with Gasteiger partial charge in [-0.25, -0.2) is 13.8 Å². The van der Waals surface area contributed by atoms with E-state index < -0.39 is 17.5 Å². The molecule has 1 N–H and O–H groups in total. The van der Waals surface area contributed by atoms with E-state index in [1.807, 2.05) is 0 Å². The third kappa shape index (κ3) is 4.72. The first-order valence-corrected chi connectivity index (χ1v) is 10.3. The van der Waals surface area contributed by atoms with Crippen LogP contribution in [0.1, 0.15) is 36.0 Å². The molecular weight excluding hydrogens is 374 g/mol. The molecule has 0 radical (unpaired) electrons. The van der Waals surface area contributed by atoms with Crippen molar-refractivity contribution in [1.82, 2.24) is 9.88 Å². The van der Waals surface area contributed by atoms with Gasteiger partial charge in [-0.3, -0.25) is 4.79 Å². The molecule has 1 amide bonds. The van der Waals surface area contributed by atoms with Crippen LogP contribution < -0.4 is 10.2 Å². The van der Waals surface area contributed by atoms with Crippen LogP contribution in [0.3, 0.4) is 0 Å². The van der Waals surface area contributed by atoms with Crippen molar-refractivity contribution >= 4 is 17.4 Å². The third-order valence-corrected chi connectivity index (χ3v) is 5.84. The first-order valence-electron chi connectivity index (χ1n) is 10.3. The topological polar surface area (TPSA) is 48.5 Å². The second-order valence-corrected chi connectivity index (χ2v) is 7.89. The Morgan fingerprint density at radius 2 is 1.86 bits per heavy atom. The number of piperidine rings is 1. The number of hydrogen-bond acceptors (Lipinski definition) is 4. The molecule has 7 heteroatoms. The number of nitrogens with one attached hydrogen (secondary N) is 1. The van der Waals surface area contributed by atoms with Gasteiger partial charge in [-0.15, -0.1) is 0 Å². The Hall–Kier alpha value is -2.54. The molecule has 3 heterocycles. The highest BCUT2D eigenvalue weighted by Gasteiger charge is 2.25. The van der Waals surface area contributed by atoms with Crippen LogP contribution in [-0.4, -0.2) is 48.5 Å². The lowest BCUT2D eigenvalue weighted by Gasteiger charge is -2.35. The lowest BCUT2D eigenvalue weighted by molar-refractivity contribution is 0.102. The summed E-state index contributed by atoms with van der Waals surface area (Å²) in [5, 5.41) is 2.74. The van der Waals surface area contributed by atoms with Crippen molar-refractivity contribution in [2.75, 3.05) is 42.9 Å². The summed E-state index contributed by atoms with van der Waals surface area (Å²) in [7, 11) is 0. The van der Waals surface area contributed by atoms with Crippen LogP contribution in [0.25, 0.3) is 0 Å². The number of nitrogens with zero attached hydrogens (tertiary/aromatic N) is 3. The summed E-state index contributed by atoms with van der Waals surface area (Å²) in [4.78, 5) is 21.7. The van der Waals surface area contributed by atoms with Crippen molar-refractivity contribution in [2.45, 2.75) is 25.7 Å². The quantitative estimate of drug-likeness (QED) is 0.826. The zero-order valence-corrected chi connectivity index (χ0v) is 16.4. The highest BCUT2D eigenvalue weighted by molar-refractivity contribution is 6.05. The summed E-state index contributed by atoms with van der Waals surface area (Å²) < 4.78 is 27.1. The number of halogens is 2. The molecule has 2 saturated heterocycles. The molecule has 0 atom stereocenters. The van der Waals surface area contributed by atoms with Gasteiger partial charge in [-0.1, -0.05) is 0 Å². The summed E-state index contributed by atoms with van der Waals surface area (Å²) in [5.41, 5.74) is 0.352. The molecule has 2 aromatic rings. The molecule has 0 saturated carbocycles. The van der Waals surface area contributed by atoms with Gasteiger partial charge in [0.15, 0.2) is 5.82 Å². The molecule has 0 spiro atoms. The molecule has 2 fully saturated rings. The summed E-state index contributed by atoms with van der Waals surface area (Å²) in [6.45, 7) is 5.36. The Labute approximate surface area is 169 Å². The Morgan fingerprint density at radius 3 is 2.59 bits per heavy atom. The number of carbonyl (C=O) groups excluding carboxylic acids is 1. The van der Waals surface area contributed by atoms with Crippen molar-refractivity contribution in [3.8, 4) is 0 Å². The lowest BCUT2D eigenvalue weighted by Crippen LogP contribution is -2.38. The van der Waals surface area contributed by atoms with Crippen LogP contribution in [0, 0.1) is 17.6 Å². The molecule has 4 rings (SSSR count). The summed E-state index contributed by atoms with van der Waals surface area (Å²) >= 11 is 0. The number of aromatic nitrogens is 1. The number of amides is 1. The fraction of sp³-hybridized carbons (Fsp3) is 0.455. The zero-order chi connectivity index (χ0) is 20.2. The molecule has 2 aliphatic heterocycles. The predicted molar refractivity (Wildman–Crippen MR) is 109 cm³/mol. The first kappa shape index (κ1) is 19.8. The van der Waals surface area contributed by atoms with Gasteiger partial charge in [0.2, 0.25) is 0 Å². The average molecular weight is 400 g/mol. The number of carbonyl (C=O) groups is 1. The maximum absolute atomic E-state index is 13.9. The van der Waals surface area contributed by atoms with E-state index >= 15 is 0 Å². The van der Waals surface area contributed by atoms with E-state index in [0.717, 1.165) is 38.1 Å². The van der Waals surface area contributed by atoms with E-state index in [2.05, 4.69) is 20.1 Å². The van der Waals surface area contributed by atoms with Gasteiger partial charge >= 0.3 is 0 Å². The number of likely N-dealkylation sites (tertiary alicyclic amines) is 1. The van der Waals surface area contributed by atoms with Crippen molar-refractivity contribution < 1.29 is 13.6 Å². The van der Waals surface area contributed by atoms with Gasteiger partial charge in [0, 0.05) is 31.9 Å². The van der Waals surface area contributed by atoms with E-state index in [1.165, 1.54) is 32.5 Å². The molecule has 29 heavy (non-hydrogen) atoms. The van der Waals surface area contributed by atoms with E-state index in [4.69, 9.17) is 0 Å². The predicted octanol–water partition coefficient (Wildman–Crippen LogP) is 3.92. The molecule has 2 aliphatic rings. The maximum atomic E-state index is 13.9. The molecule has 154 valence electrons. The van der Waals surface area contributed by atoms with E-state index in [9.17, 15) is 13.6 Å². The minimum absolute atomic E-state index is 0.189. The first-order chi connectivity index (χ1) is 14.1. The number of hydrogen-bond donors (Lipinski definition) is 1. The van der Waals surface area contributed by atoms with Gasteiger partial charge in [0.25, 0.3) is 5.91 Å². The Balaban J connectivity index is 1.41. The molecular formula is C22H26F2N4O. The van der Waals surface area contributed by atoms with Crippen LogP contribution in [0.2, 0.25) is 0 Å². The smallest absolute Gasteiger partial charge is 0.258 e. The summed E-state index contributed by atoms with van der Waals surface area (Å²) in [6, 6.07) is 6.44. The minimum Gasteiger partial charge on any atom is -0.355 e. The van der Waals surface area contributed by atoms with E-state index in [1.54, 1.807) is 18.3 Å². The number of anilines is 2. The van der Waals surface area contributed by atoms with Crippen molar-refractivity contribution in [1.29, 1.82) is 0 Å². The van der Waals surface area contributed by atoms with Crippen LogP contribution in [0.5, 0.6) is 0 Å². The highest BCUT2D eigenvalue weighted by atomic mass is 19.1. The van der Waals surface area contributed by atoms with Crippen molar-refractivity contribution in [3.63, 3.8) is 0 Å². The van der Waals surface area contributed by atoms with Crippen LogP contribution in [0.4, 0.5) is 20.3 Å². The minimum atomic E-state index is -0.879. The van der Waals surface area contributed by atoms with E-state index in [-0.39, 0.29) is 5.56 Å². The Morgan fingerprint density at radius 1 is 1.10 bits per heavy atom. The van der Waals surface area contributed by atoms with Crippen LogP contribution in [-0.2, 0) is 0 Å². The van der Waals surface area contributed by atoms with Gasteiger partial charge in [0.05, 0.1) is 11.3 Å². The Kier molecular flexibility index (Phi) is 6.04. The number of benzene rings is 1. The van der Waals surface area contributed by atoms with Crippen molar-refractivity contribution in [3.05, 3.63) is 53.7 Å². The van der Waals surface area contributed by atoms with Gasteiger partial charge in [-0.2, -0.15) is 0 Å². The summed E-state index contributed by atoms with van der Waals surface area (Å²) in [6.07, 6.45) is 6.49. The van der Waals surface area contributed by atoms with Gasteiger partial charge in [0.1, 0.15) is 11.6 Å². The van der Waals surface area contributed by atoms with Gasteiger partial charge in [-0.05, 0) is 69.0 Å². The second kappa shape index (κ2) is 8.86. The molecule has 0 bridgehead atoms. The highest BCUT2D eigenvalue weighted by Crippen LogP contribution is 2.29. The van der Waals surface area contributed by atoms with Crippen LogP contribution in [0.15, 0.2) is 36.5 Å². The third-order valence-electron chi connectivity index (χ3n) is 5.84. The SMILES string of the molecule is O=C(Nc1cccnc1N1CCC(CN2CCCC2)CC1)c1ccc(F)cc1F.